The number of para-hydroxylation sites is 1. The smallest absolute Gasteiger partial charge is 0.408 e. The lowest BCUT2D eigenvalue weighted by molar-refractivity contribution is 0.152. The van der Waals surface area contributed by atoms with Crippen LogP contribution in [0.3, 0.4) is 0 Å². The van der Waals surface area contributed by atoms with Crippen LogP contribution in [0, 0.1) is 0 Å². The highest BCUT2D eigenvalue weighted by molar-refractivity contribution is 5.73. The molecule has 0 bridgehead atoms. The number of carbonyl (C=O) groups is 1. The van der Waals surface area contributed by atoms with Gasteiger partial charge in [0.1, 0.15) is 17.2 Å². The second kappa shape index (κ2) is 7.31. The Bertz CT molecular complexity index is 1040. The molecule has 140 valence electrons. The number of amides is 1. The quantitative estimate of drug-likeness (QED) is 0.673. The molecular weight excluding hydrogens is 358 g/mol. The van der Waals surface area contributed by atoms with E-state index in [0.29, 0.717) is 36.0 Å². The van der Waals surface area contributed by atoms with Crippen molar-refractivity contribution in [1.29, 1.82) is 0 Å². The molecule has 0 unspecified atom stereocenters. The molecule has 0 saturated carbocycles. The van der Waals surface area contributed by atoms with Crippen LogP contribution < -0.4 is 16.2 Å². The molecule has 0 atom stereocenters. The van der Waals surface area contributed by atoms with Crippen molar-refractivity contribution in [2.24, 2.45) is 10.2 Å². The zero-order chi connectivity index (χ0) is 19.5. The Morgan fingerprint density at radius 2 is 1.82 bits per heavy atom. The van der Waals surface area contributed by atoms with E-state index in [2.05, 4.69) is 20.2 Å². The molecule has 28 heavy (non-hydrogen) atoms. The van der Waals surface area contributed by atoms with E-state index in [1.165, 1.54) is 0 Å². The van der Waals surface area contributed by atoms with E-state index in [4.69, 9.17) is 16.2 Å². The van der Waals surface area contributed by atoms with E-state index in [9.17, 15) is 4.79 Å². The normalized spacial score (nSPS) is 12.9. The number of nitrogen functional groups attached to an aromatic ring is 2. The summed E-state index contributed by atoms with van der Waals surface area (Å²) in [6, 6.07) is 13.8. The molecule has 1 aromatic carbocycles. The first kappa shape index (κ1) is 17.4. The Balaban J connectivity index is 1.50. The number of benzene rings is 1. The molecule has 3 aromatic rings. The summed E-state index contributed by atoms with van der Waals surface area (Å²) in [5, 5.41) is 8.22. The molecule has 0 fully saturated rings. The van der Waals surface area contributed by atoms with Crippen molar-refractivity contribution < 1.29 is 9.53 Å². The lowest BCUT2D eigenvalue weighted by Gasteiger charge is -2.15. The Hall–Kier alpha value is -4.01. The van der Waals surface area contributed by atoms with Crippen LogP contribution in [0.5, 0.6) is 5.75 Å². The van der Waals surface area contributed by atoms with Crippen LogP contribution in [-0.2, 0) is 13.1 Å². The summed E-state index contributed by atoms with van der Waals surface area (Å²) in [7, 11) is 0. The molecule has 4 rings (SSSR count). The molecule has 1 amide bonds. The van der Waals surface area contributed by atoms with Gasteiger partial charge in [-0.3, -0.25) is 9.88 Å². The summed E-state index contributed by atoms with van der Waals surface area (Å²) < 4.78 is 5.54. The van der Waals surface area contributed by atoms with Crippen molar-refractivity contribution in [3.63, 3.8) is 0 Å². The van der Waals surface area contributed by atoms with Crippen LogP contribution in [0.4, 0.5) is 27.8 Å². The van der Waals surface area contributed by atoms with Gasteiger partial charge in [-0.2, -0.15) is 0 Å². The first-order valence-electron chi connectivity index (χ1n) is 8.52. The summed E-state index contributed by atoms with van der Waals surface area (Å²) >= 11 is 0. The van der Waals surface area contributed by atoms with Crippen LogP contribution >= 0.6 is 0 Å². The zero-order valence-corrected chi connectivity index (χ0v) is 14.8. The fraction of sp³-hybridized carbons (Fsp3) is 0.105. The van der Waals surface area contributed by atoms with Gasteiger partial charge in [0.15, 0.2) is 11.6 Å². The number of rotatable bonds is 3. The number of aromatic nitrogens is 2. The van der Waals surface area contributed by atoms with Crippen molar-refractivity contribution in [3.05, 3.63) is 66.0 Å². The third-order valence-electron chi connectivity index (χ3n) is 4.20. The van der Waals surface area contributed by atoms with Crippen molar-refractivity contribution in [1.82, 2.24) is 14.9 Å². The van der Waals surface area contributed by atoms with Crippen molar-refractivity contribution in [2.75, 3.05) is 11.5 Å². The lowest BCUT2D eigenvalue weighted by atomic mass is 10.2. The highest BCUT2D eigenvalue weighted by atomic mass is 16.6. The lowest BCUT2D eigenvalue weighted by Crippen LogP contribution is -2.28. The molecule has 0 radical (unpaired) electrons. The van der Waals surface area contributed by atoms with Gasteiger partial charge in [0.25, 0.3) is 0 Å². The molecule has 3 heterocycles. The highest BCUT2D eigenvalue weighted by Gasteiger charge is 2.26. The fourth-order valence-corrected chi connectivity index (χ4v) is 2.79. The number of ether oxygens (including phenoxy) is 1. The predicted molar refractivity (Wildman–Crippen MR) is 103 cm³/mol. The molecule has 0 spiro atoms. The minimum atomic E-state index is -0.477. The van der Waals surface area contributed by atoms with Crippen molar-refractivity contribution in [3.8, 4) is 5.75 Å². The average molecular weight is 375 g/mol. The summed E-state index contributed by atoms with van der Waals surface area (Å²) in [6.45, 7) is 0.867. The van der Waals surface area contributed by atoms with Gasteiger partial charge in [0.2, 0.25) is 0 Å². The summed E-state index contributed by atoms with van der Waals surface area (Å²) in [4.78, 5) is 22.4. The number of nitrogens with zero attached hydrogens (tertiary/aromatic N) is 5. The van der Waals surface area contributed by atoms with Gasteiger partial charge in [-0.15, -0.1) is 10.2 Å². The van der Waals surface area contributed by atoms with E-state index in [1.54, 1.807) is 47.5 Å². The molecule has 4 N–H and O–H groups in total. The minimum Gasteiger partial charge on any atom is -0.408 e. The van der Waals surface area contributed by atoms with E-state index in [-0.39, 0.29) is 5.82 Å². The third-order valence-corrected chi connectivity index (χ3v) is 4.20. The van der Waals surface area contributed by atoms with Gasteiger partial charge in [0, 0.05) is 6.20 Å². The second-order valence-corrected chi connectivity index (χ2v) is 6.14. The van der Waals surface area contributed by atoms with Crippen molar-refractivity contribution >= 4 is 29.1 Å². The Morgan fingerprint density at radius 1 is 1.00 bits per heavy atom. The van der Waals surface area contributed by atoms with E-state index < -0.39 is 6.09 Å². The number of anilines is 2. The number of hydrogen-bond acceptors (Lipinski definition) is 8. The van der Waals surface area contributed by atoms with Gasteiger partial charge in [-0.1, -0.05) is 18.2 Å². The van der Waals surface area contributed by atoms with Crippen LogP contribution in [0.15, 0.2) is 65.0 Å². The maximum absolute atomic E-state index is 12.6. The van der Waals surface area contributed by atoms with E-state index in [0.717, 1.165) is 11.3 Å². The SMILES string of the molecule is Nc1ccc(N=Nc2ccccc2OC(=O)N2Cc3cccnc3C2)c(N)n1. The Kier molecular flexibility index (Phi) is 4.55. The predicted octanol–water partition coefficient (Wildman–Crippen LogP) is 3.57. The van der Waals surface area contributed by atoms with Gasteiger partial charge in [-0.05, 0) is 35.9 Å². The molecule has 0 saturated heterocycles. The number of nitrogens with two attached hydrogens (primary N) is 2. The van der Waals surface area contributed by atoms with Gasteiger partial charge in [0.05, 0.1) is 18.8 Å². The number of azo groups is 1. The third kappa shape index (κ3) is 3.58. The van der Waals surface area contributed by atoms with Crippen LogP contribution in [0.25, 0.3) is 0 Å². The first-order valence-corrected chi connectivity index (χ1v) is 8.52. The molecule has 1 aliphatic heterocycles. The zero-order valence-electron chi connectivity index (χ0n) is 14.8. The minimum absolute atomic E-state index is 0.167. The van der Waals surface area contributed by atoms with E-state index in [1.807, 2.05) is 12.1 Å². The molecule has 9 nitrogen and oxygen atoms in total. The largest absolute Gasteiger partial charge is 0.415 e. The summed E-state index contributed by atoms with van der Waals surface area (Å²) in [5.74, 6) is 0.759. The number of fused-ring (bicyclic) bond motifs is 1. The number of hydrogen-bond donors (Lipinski definition) is 2. The van der Waals surface area contributed by atoms with E-state index >= 15 is 0 Å². The first-order chi connectivity index (χ1) is 13.6. The highest BCUT2D eigenvalue weighted by Crippen LogP contribution is 2.31. The van der Waals surface area contributed by atoms with Gasteiger partial charge in [-0.25, -0.2) is 9.78 Å². The molecular formula is C19H17N7O2. The fourth-order valence-electron chi connectivity index (χ4n) is 2.79. The number of pyridine rings is 2. The molecule has 0 aliphatic carbocycles. The maximum atomic E-state index is 12.6. The molecule has 2 aromatic heterocycles. The monoisotopic (exact) mass is 375 g/mol. The topological polar surface area (TPSA) is 132 Å². The molecule has 1 aliphatic rings. The van der Waals surface area contributed by atoms with Crippen molar-refractivity contribution in [2.45, 2.75) is 13.1 Å². The summed E-state index contributed by atoms with van der Waals surface area (Å²) in [5.41, 5.74) is 14.0. The Morgan fingerprint density at radius 3 is 2.64 bits per heavy atom. The maximum Gasteiger partial charge on any atom is 0.415 e. The molecule has 9 heteroatoms. The number of carbonyl (C=O) groups excluding carboxylic acids is 1. The second-order valence-electron chi connectivity index (χ2n) is 6.14. The van der Waals surface area contributed by atoms with Crippen LogP contribution in [-0.4, -0.2) is 21.0 Å². The average Bonchev–Trinajstić information content (AvgIpc) is 3.13. The van der Waals surface area contributed by atoms with Gasteiger partial charge < -0.3 is 16.2 Å². The van der Waals surface area contributed by atoms with Crippen LogP contribution in [0.2, 0.25) is 0 Å². The standard InChI is InChI=1S/C19H17N7O2/c20-17-8-7-14(18(21)23-17)25-24-13-5-1-2-6-16(13)28-19(27)26-10-12-4-3-9-22-15(12)11-26/h1-9H,10-11H2,(H4,20,21,23). The van der Waals surface area contributed by atoms with Gasteiger partial charge >= 0.3 is 6.09 Å². The van der Waals surface area contributed by atoms with Crippen LogP contribution in [0.1, 0.15) is 11.3 Å². The Labute approximate surface area is 160 Å². The summed E-state index contributed by atoms with van der Waals surface area (Å²) in [6.07, 6.45) is 1.23.